The lowest BCUT2D eigenvalue weighted by molar-refractivity contribution is 0.0554. The van der Waals surface area contributed by atoms with Crippen LogP contribution >= 0.6 is 0 Å². The zero-order valence-corrected chi connectivity index (χ0v) is 7.29. The molecule has 1 aliphatic rings. The summed E-state index contributed by atoms with van der Waals surface area (Å²) in [4.78, 5) is 15.1. The Bertz CT molecular complexity index is 309. The van der Waals surface area contributed by atoms with E-state index in [1.807, 2.05) is 0 Å². The molecule has 1 aromatic heterocycles. The van der Waals surface area contributed by atoms with Crippen molar-refractivity contribution in [2.45, 2.75) is 13.0 Å². The van der Waals surface area contributed by atoms with E-state index in [4.69, 9.17) is 4.42 Å². The summed E-state index contributed by atoms with van der Waals surface area (Å²) in [5, 5.41) is 3.13. The van der Waals surface area contributed by atoms with Gasteiger partial charge >= 0.3 is 11.9 Å². The van der Waals surface area contributed by atoms with Gasteiger partial charge in [0, 0.05) is 13.0 Å². The first kappa shape index (κ1) is 8.25. The molecule has 0 radical (unpaired) electrons. The highest BCUT2D eigenvalue weighted by Gasteiger charge is 2.20. The standard InChI is InChI=1S/C8H10N2O3/c1-12-8(11)7-10-5-2-3-9-4-6(5)13-7/h9H,2-4H2,1H3. The number of carbonyl (C=O) groups is 1. The number of hydrogen-bond acceptors (Lipinski definition) is 5. The molecule has 0 aliphatic carbocycles. The molecule has 0 amide bonds. The van der Waals surface area contributed by atoms with Crippen LogP contribution < -0.4 is 5.32 Å². The summed E-state index contributed by atoms with van der Waals surface area (Å²) in [5.74, 6) is 0.275. The molecule has 1 aliphatic heterocycles. The van der Waals surface area contributed by atoms with Crippen molar-refractivity contribution in [1.29, 1.82) is 0 Å². The highest BCUT2D eigenvalue weighted by atomic mass is 16.5. The summed E-state index contributed by atoms with van der Waals surface area (Å²) in [6, 6.07) is 0. The van der Waals surface area contributed by atoms with Crippen LogP contribution in [-0.4, -0.2) is 24.6 Å². The van der Waals surface area contributed by atoms with Gasteiger partial charge in [-0.1, -0.05) is 0 Å². The lowest BCUT2D eigenvalue weighted by atomic mass is 10.2. The molecule has 1 N–H and O–H groups in total. The number of ether oxygens (including phenoxy) is 1. The van der Waals surface area contributed by atoms with Crippen molar-refractivity contribution in [3.8, 4) is 0 Å². The summed E-state index contributed by atoms with van der Waals surface area (Å²) in [5.41, 5.74) is 0.860. The highest BCUT2D eigenvalue weighted by molar-refractivity contribution is 5.84. The van der Waals surface area contributed by atoms with Crippen LogP contribution in [0.15, 0.2) is 4.42 Å². The van der Waals surface area contributed by atoms with Crippen molar-refractivity contribution in [3.05, 3.63) is 17.3 Å². The van der Waals surface area contributed by atoms with Gasteiger partial charge < -0.3 is 14.5 Å². The number of carbonyl (C=O) groups excluding carboxylic acids is 1. The minimum absolute atomic E-state index is 0.0520. The maximum absolute atomic E-state index is 11.0. The zero-order chi connectivity index (χ0) is 9.26. The number of hydrogen-bond donors (Lipinski definition) is 1. The van der Waals surface area contributed by atoms with E-state index < -0.39 is 5.97 Å². The summed E-state index contributed by atoms with van der Waals surface area (Å²) in [6.45, 7) is 1.51. The Morgan fingerprint density at radius 1 is 1.69 bits per heavy atom. The van der Waals surface area contributed by atoms with Gasteiger partial charge in [0.15, 0.2) is 0 Å². The molecule has 0 bridgehead atoms. The number of nitrogens with one attached hydrogen (secondary N) is 1. The van der Waals surface area contributed by atoms with Gasteiger partial charge in [-0.25, -0.2) is 9.78 Å². The summed E-state index contributed by atoms with van der Waals surface area (Å²) >= 11 is 0. The Kier molecular flexibility index (Phi) is 2.02. The van der Waals surface area contributed by atoms with Crippen molar-refractivity contribution < 1.29 is 13.9 Å². The Hall–Kier alpha value is -1.36. The van der Waals surface area contributed by atoms with Crippen LogP contribution in [0, 0.1) is 0 Å². The van der Waals surface area contributed by atoms with E-state index in [-0.39, 0.29) is 5.89 Å². The quantitative estimate of drug-likeness (QED) is 0.624. The van der Waals surface area contributed by atoms with Crippen LogP contribution in [0.4, 0.5) is 0 Å². The predicted octanol–water partition coefficient (Wildman–Crippen LogP) is 0.107. The summed E-state index contributed by atoms with van der Waals surface area (Å²) < 4.78 is 9.71. The molecule has 0 unspecified atom stereocenters. The lowest BCUT2D eigenvalue weighted by Crippen LogP contribution is -2.22. The van der Waals surface area contributed by atoms with Gasteiger partial charge in [-0.2, -0.15) is 0 Å². The fourth-order valence-corrected chi connectivity index (χ4v) is 1.30. The number of aromatic nitrogens is 1. The fraction of sp³-hybridized carbons (Fsp3) is 0.500. The smallest absolute Gasteiger partial charge is 0.394 e. The zero-order valence-electron chi connectivity index (χ0n) is 7.29. The number of rotatable bonds is 1. The first-order valence-electron chi connectivity index (χ1n) is 4.09. The molecule has 0 spiro atoms. The maximum Gasteiger partial charge on any atom is 0.394 e. The minimum Gasteiger partial charge on any atom is -0.462 e. The van der Waals surface area contributed by atoms with E-state index >= 15 is 0 Å². The van der Waals surface area contributed by atoms with Crippen LogP contribution in [-0.2, 0) is 17.7 Å². The molecule has 2 rings (SSSR count). The third-order valence-electron chi connectivity index (χ3n) is 1.96. The largest absolute Gasteiger partial charge is 0.462 e. The maximum atomic E-state index is 11.0. The van der Waals surface area contributed by atoms with E-state index in [1.165, 1.54) is 7.11 Å². The molecule has 0 saturated carbocycles. The number of nitrogens with zero attached hydrogens (tertiary/aromatic N) is 1. The summed E-state index contributed by atoms with van der Waals surface area (Å²) in [6.07, 6.45) is 0.801. The van der Waals surface area contributed by atoms with Gasteiger partial charge in [0.2, 0.25) is 0 Å². The third kappa shape index (κ3) is 1.42. The highest BCUT2D eigenvalue weighted by Crippen LogP contribution is 2.15. The van der Waals surface area contributed by atoms with Crippen molar-refractivity contribution >= 4 is 5.97 Å². The van der Waals surface area contributed by atoms with Crippen molar-refractivity contribution in [1.82, 2.24) is 10.3 Å². The minimum atomic E-state index is -0.519. The van der Waals surface area contributed by atoms with Crippen molar-refractivity contribution in [2.24, 2.45) is 0 Å². The second kappa shape index (κ2) is 3.18. The third-order valence-corrected chi connectivity index (χ3v) is 1.96. The van der Waals surface area contributed by atoms with E-state index in [2.05, 4.69) is 15.0 Å². The van der Waals surface area contributed by atoms with Crippen LogP contribution in [0.5, 0.6) is 0 Å². The van der Waals surface area contributed by atoms with Crippen LogP contribution in [0.3, 0.4) is 0 Å². The SMILES string of the molecule is COC(=O)c1nc2c(o1)CNCC2. The normalized spacial score (nSPS) is 15.2. The van der Waals surface area contributed by atoms with E-state index in [9.17, 15) is 4.79 Å². The molecule has 0 saturated heterocycles. The number of fused-ring (bicyclic) bond motifs is 1. The number of esters is 1. The Labute approximate surface area is 75.1 Å². The van der Waals surface area contributed by atoms with Gasteiger partial charge in [-0.05, 0) is 0 Å². The Balaban J connectivity index is 2.30. The number of methoxy groups -OCH3 is 1. The molecule has 70 valence electrons. The molecule has 1 aromatic rings. The van der Waals surface area contributed by atoms with Gasteiger partial charge in [0.1, 0.15) is 5.76 Å². The van der Waals surface area contributed by atoms with Crippen molar-refractivity contribution in [3.63, 3.8) is 0 Å². The second-order valence-electron chi connectivity index (χ2n) is 2.81. The van der Waals surface area contributed by atoms with E-state index in [0.29, 0.717) is 6.54 Å². The van der Waals surface area contributed by atoms with Gasteiger partial charge in [0.25, 0.3) is 0 Å². The molecular weight excluding hydrogens is 172 g/mol. The molecular formula is C8H10N2O3. The van der Waals surface area contributed by atoms with Gasteiger partial charge in [-0.15, -0.1) is 0 Å². The Morgan fingerprint density at radius 3 is 3.23 bits per heavy atom. The lowest BCUT2D eigenvalue weighted by Gasteiger charge is -2.07. The van der Waals surface area contributed by atoms with Crippen molar-refractivity contribution in [2.75, 3.05) is 13.7 Å². The van der Waals surface area contributed by atoms with E-state index in [1.54, 1.807) is 0 Å². The monoisotopic (exact) mass is 182 g/mol. The molecule has 0 atom stereocenters. The topological polar surface area (TPSA) is 64.4 Å². The molecule has 13 heavy (non-hydrogen) atoms. The average molecular weight is 182 g/mol. The second-order valence-corrected chi connectivity index (χ2v) is 2.81. The van der Waals surface area contributed by atoms with Crippen LogP contribution in [0.25, 0.3) is 0 Å². The molecule has 5 heteroatoms. The number of oxazole rings is 1. The first-order chi connectivity index (χ1) is 6.31. The van der Waals surface area contributed by atoms with E-state index in [0.717, 1.165) is 24.4 Å². The average Bonchev–Trinajstić information content (AvgIpc) is 2.59. The molecule has 0 fully saturated rings. The van der Waals surface area contributed by atoms with Crippen LogP contribution in [0.1, 0.15) is 22.1 Å². The Morgan fingerprint density at radius 2 is 2.54 bits per heavy atom. The van der Waals surface area contributed by atoms with Crippen LogP contribution in [0.2, 0.25) is 0 Å². The van der Waals surface area contributed by atoms with Gasteiger partial charge in [-0.3, -0.25) is 0 Å². The molecule has 0 aromatic carbocycles. The molecule has 5 nitrogen and oxygen atoms in total. The van der Waals surface area contributed by atoms with Gasteiger partial charge in [0.05, 0.1) is 19.3 Å². The first-order valence-corrected chi connectivity index (χ1v) is 4.09. The fourth-order valence-electron chi connectivity index (χ4n) is 1.30. The summed E-state index contributed by atoms with van der Waals surface area (Å²) in [7, 11) is 1.31. The predicted molar refractivity (Wildman–Crippen MR) is 43.3 cm³/mol. The molecule has 2 heterocycles.